The van der Waals surface area contributed by atoms with Gasteiger partial charge in [0.25, 0.3) is 0 Å². The average molecular weight is 219 g/mol. The van der Waals surface area contributed by atoms with E-state index in [2.05, 4.69) is 36.6 Å². The van der Waals surface area contributed by atoms with Crippen molar-refractivity contribution >= 4 is 21.4 Å². The van der Waals surface area contributed by atoms with Crippen molar-refractivity contribution in [3.05, 3.63) is 35.2 Å². The Balaban J connectivity index is 2.29. The fourth-order valence-electron chi connectivity index (χ4n) is 1.89. The van der Waals surface area contributed by atoms with Crippen LogP contribution in [0, 0.1) is 0 Å². The van der Waals surface area contributed by atoms with Crippen LogP contribution in [-0.2, 0) is 0 Å². The van der Waals surface area contributed by atoms with E-state index in [0.29, 0.717) is 0 Å². The molecule has 0 aliphatic heterocycles. The minimum Gasteiger partial charge on any atom is -0.324 e. The summed E-state index contributed by atoms with van der Waals surface area (Å²) in [4.78, 5) is 0. The van der Waals surface area contributed by atoms with Crippen LogP contribution in [0.15, 0.2) is 29.6 Å². The van der Waals surface area contributed by atoms with Gasteiger partial charge in [0.1, 0.15) is 0 Å². The first-order chi connectivity index (χ1) is 7.33. The van der Waals surface area contributed by atoms with Gasteiger partial charge in [-0.25, -0.2) is 0 Å². The Kier molecular flexibility index (Phi) is 3.39. The molecule has 0 fully saturated rings. The van der Waals surface area contributed by atoms with Crippen molar-refractivity contribution in [1.82, 2.24) is 0 Å². The maximum atomic E-state index is 6.21. The Bertz CT molecular complexity index is 433. The standard InChI is InChI=1S/C13H17NS/c1-2-3-7-12(14)11-6-4-5-10-8-9-15-13(10)11/h4-6,8-9,12H,2-3,7,14H2,1H3. The highest BCUT2D eigenvalue weighted by atomic mass is 32.1. The van der Waals surface area contributed by atoms with Gasteiger partial charge in [-0.15, -0.1) is 11.3 Å². The second kappa shape index (κ2) is 4.77. The molecule has 15 heavy (non-hydrogen) atoms. The third kappa shape index (κ3) is 2.21. The molecule has 2 aromatic rings. The monoisotopic (exact) mass is 219 g/mol. The summed E-state index contributed by atoms with van der Waals surface area (Å²) in [6, 6.07) is 8.79. The molecule has 1 unspecified atom stereocenters. The molecule has 2 N–H and O–H groups in total. The molecule has 0 radical (unpaired) electrons. The lowest BCUT2D eigenvalue weighted by molar-refractivity contribution is 0.607. The van der Waals surface area contributed by atoms with E-state index in [1.807, 2.05) is 0 Å². The molecule has 0 saturated heterocycles. The molecule has 1 aromatic heterocycles. The molecule has 0 bridgehead atoms. The van der Waals surface area contributed by atoms with Crippen LogP contribution in [0.3, 0.4) is 0 Å². The van der Waals surface area contributed by atoms with E-state index in [1.54, 1.807) is 11.3 Å². The zero-order valence-corrected chi connectivity index (χ0v) is 9.89. The Morgan fingerprint density at radius 2 is 2.20 bits per heavy atom. The Labute approximate surface area is 94.9 Å². The Morgan fingerprint density at radius 3 is 3.00 bits per heavy atom. The average Bonchev–Trinajstić information content (AvgIpc) is 2.73. The highest BCUT2D eigenvalue weighted by Crippen LogP contribution is 2.29. The third-order valence-corrected chi connectivity index (χ3v) is 3.76. The number of rotatable bonds is 4. The topological polar surface area (TPSA) is 26.0 Å². The SMILES string of the molecule is CCCCC(N)c1cccc2ccsc12. The second-order valence-electron chi connectivity index (χ2n) is 3.93. The fourth-order valence-corrected chi connectivity index (χ4v) is 2.87. The first-order valence-electron chi connectivity index (χ1n) is 5.54. The van der Waals surface area contributed by atoms with Crippen LogP contribution in [0.5, 0.6) is 0 Å². The molecule has 0 aliphatic carbocycles. The van der Waals surface area contributed by atoms with Crippen molar-refractivity contribution in [2.45, 2.75) is 32.2 Å². The van der Waals surface area contributed by atoms with Crippen molar-refractivity contribution in [3.63, 3.8) is 0 Å². The second-order valence-corrected chi connectivity index (χ2v) is 4.85. The number of nitrogens with two attached hydrogens (primary N) is 1. The Hall–Kier alpha value is -0.860. The van der Waals surface area contributed by atoms with Gasteiger partial charge in [0, 0.05) is 10.7 Å². The van der Waals surface area contributed by atoms with Gasteiger partial charge in [-0.1, -0.05) is 38.0 Å². The summed E-state index contributed by atoms with van der Waals surface area (Å²) in [6.07, 6.45) is 3.52. The zero-order valence-electron chi connectivity index (χ0n) is 9.07. The quantitative estimate of drug-likeness (QED) is 0.823. The first kappa shape index (κ1) is 10.7. The highest BCUT2D eigenvalue weighted by Gasteiger charge is 2.09. The minimum absolute atomic E-state index is 0.201. The zero-order chi connectivity index (χ0) is 10.7. The molecular formula is C13H17NS. The first-order valence-corrected chi connectivity index (χ1v) is 6.42. The molecule has 1 nitrogen and oxygen atoms in total. The van der Waals surface area contributed by atoms with Crippen LogP contribution >= 0.6 is 11.3 Å². The summed E-state index contributed by atoms with van der Waals surface area (Å²) in [7, 11) is 0. The van der Waals surface area contributed by atoms with Gasteiger partial charge >= 0.3 is 0 Å². The lowest BCUT2D eigenvalue weighted by Gasteiger charge is -2.12. The Morgan fingerprint density at radius 1 is 1.33 bits per heavy atom. The minimum atomic E-state index is 0.201. The van der Waals surface area contributed by atoms with Crippen LogP contribution < -0.4 is 5.73 Å². The predicted molar refractivity (Wildman–Crippen MR) is 68.3 cm³/mol. The summed E-state index contributed by atoms with van der Waals surface area (Å²) in [5.41, 5.74) is 7.53. The van der Waals surface area contributed by atoms with Crippen molar-refractivity contribution in [2.75, 3.05) is 0 Å². The number of thiophene rings is 1. The number of unbranched alkanes of at least 4 members (excludes halogenated alkanes) is 1. The normalized spacial score (nSPS) is 13.2. The molecule has 0 aliphatic rings. The largest absolute Gasteiger partial charge is 0.324 e. The lowest BCUT2D eigenvalue weighted by Crippen LogP contribution is -2.09. The van der Waals surface area contributed by atoms with E-state index in [1.165, 1.54) is 28.5 Å². The van der Waals surface area contributed by atoms with E-state index in [-0.39, 0.29) is 6.04 Å². The molecule has 0 amide bonds. The molecule has 0 spiro atoms. The van der Waals surface area contributed by atoms with Crippen molar-refractivity contribution < 1.29 is 0 Å². The predicted octanol–water partition coefficient (Wildman–Crippen LogP) is 4.09. The number of hydrogen-bond donors (Lipinski definition) is 1. The summed E-state index contributed by atoms with van der Waals surface area (Å²) in [5.74, 6) is 0. The van der Waals surface area contributed by atoms with Crippen LogP contribution in [0.1, 0.15) is 37.8 Å². The lowest BCUT2D eigenvalue weighted by atomic mass is 10.0. The number of hydrogen-bond acceptors (Lipinski definition) is 2. The maximum Gasteiger partial charge on any atom is 0.0390 e. The van der Waals surface area contributed by atoms with Gasteiger partial charge in [-0.3, -0.25) is 0 Å². The molecule has 2 heteroatoms. The van der Waals surface area contributed by atoms with Gasteiger partial charge in [-0.2, -0.15) is 0 Å². The number of benzene rings is 1. The molecular weight excluding hydrogens is 202 g/mol. The van der Waals surface area contributed by atoms with Crippen LogP contribution in [0.25, 0.3) is 10.1 Å². The third-order valence-electron chi connectivity index (χ3n) is 2.78. The van der Waals surface area contributed by atoms with Crippen LogP contribution in [-0.4, -0.2) is 0 Å². The smallest absolute Gasteiger partial charge is 0.0390 e. The van der Waals surface area contributed by atoms with E-state index in [0.717, 1.165) is 6.42 Å². The van der Waals surface area contributed by atoms with E-state index in [9.17, 15) is 0 Å². The van der Waals surface area contributed by atoms with Gasteiger partial charge in [0.15, 0.2) is 0 Å². The molecule has 2 rings (SSSR count). The fraction of sp³-hybridized carbons (Fsp3) is 0.385. The van der Waals surface area contributed by atoms with Crippen molar-refractivity contribution in [3.8, 4) is 0 Å². The summed E-state index contributed by atoms with van der Waals surface area (Å²) in [6.45, 7) is 2.21. The molecule has 0 saturated carbocycles. The molecule has 1 aromatic carbocycles. The maximum absolute atomic E-state index is 6.21. The molecule has 80 valence electrons. The van der Waals surface area contributed by atoms with E-state index in [4.69, 9.17) is 5.73 Å². The van der Waals surface area contributed by atoms with Crippen LogP contribution in [0.4, 0.5) is 0 Å². The van der Waals surface area contributed by atoms with Gasteiger partial charge in [-0.05, 0) is 28.8 Å². The highest BCUT2D eigenvalue weighted by molar-refractivity contribution is 7.17. The summed E-state index contributed by atoms with van der Waals surface area (Å²) < 4.78 is 1.36. The summed E-state index contributed by atoms with van der Waals surface area (Å²) in [5, 5.41) is 3.46. The van der Waals surface area contributed by atoms with Crippen molar-refractivity contribution in [1.29, 1.82) is 0 Å². The van der Waals surface area contributed by atoms with Crippen molar-refractivity contribution in [2.24, 2.45) is 5.73 Å². The van der Waals surface area contributed by atoms with Gasteiger partial charge in [0.2, 0.25) is 0 Å². The van der Waals surface area contributed by atoms with E-state index < -0.39 is 0 Å². The number of fused-ring (bicyclic) bond motifs is 1. The molecule has 1 heterocycles. The molecule has 1 atom stereocenters. The van der Waals surface area contributed by atoms with Gasteiger partial charge < -0.3 is 5.73 Å². The van der Waals surface area contributed by atoms with Crippen LogP contribution in [0.2, 0.25) is 0 Å². The van der Waals surface area contributed by atoms with Gasteiger partial charge in [0.05, 0.1) is 0 Å². The van der Waals surface area contributed by atoms with E-state index >= 15 is 0 Å². The summed E-state index contributed by atoms with van der Waals surface area (Å²) >= 11 is 1.80.